The Labute approximate surface area is 118 Å². The molecule has 0 amide bonds. The molecule has 0 saturated carbocycles. The van der Waals surface area contributed by atoms with Crippen LogP contribution < -0.4 is 10.0 Å². The fourth-order valence-electron chi connectivity index (χ4n) is 2.47. The molecule has 0 spiro atoms. The topological polar surface area (TPSA) is 71.1 Å². The van der Waals surface area contributed by atoms with E-state index >= 15 is 0 Å². The number of aromatic nitrogens is 1. The van der Waals surface area contributed by atoms with Crippen molar-refractivity contribution in [1.82, 2.24) is 10.3 Å². The maximum absolute atomic E-state index is 12.3. The van der Waals surface area contributed by atoms with Crippen molar-refractivity contribution in [2.24, 2.45) is 0 Å². The lowest BCUT2D eigenvalue weighted by molar-refractivity contribution is 0.499. The summed E-state index contributed by atoms with van der Waals surface area (Å²) >= 11 is 0. The number of hydrogen-bond acceptors (Lipinski definition) is 4. The van der Waals surface area contributed by atoms with Crippen molar-refractivity contribution in [2.75, 3.05) is 17.8 Å². The molecule has 1 atom stereocenters. The Kier molecular flexibility index (Phi) is 3.58. The van der Waals surface area contributed by atoms with Gasteiger partial charge in [0, 0.05) is 23.8 Å². The van der Waals surface area contributed by atoms with E-state index in [-0.39, 0.29) is 5.25 Å². The van der Waals surface area contributed by atoms with E-state index in [1.54, 1.807) is 12.3 Å². The number of sulfonamides is 1. The minimum atomic E-state index is -3.34. The molecule has 2 N–H and O–H groups in total. The third-order valence-electron chi connectivity index (χ3n) is 3.55. The van der Waals surface area contributed by atoms with Crippen molar-refractivity contribution in [3.63, 3.8) is 0 Å². The van der Waals surface area contributed by atoms with Gasteiger partial charge in [-0.2, -0.15) is 0 Å². The number of nitrogens with one attached hydrogen (secondary N) is 2. The Morgan fingerprint density at radius 3 is 3.00 bits per heavy atom. The van der Waals surface area contributed by atoms with Gasteiger partial charge in [-0.3, -0.25) is 9.71 Å². The fourth-order valence-corrected chi connectivity index (χ4v) is 3.91. The summed E-state index contributed by atoms with van der Waals surface area (Å²) in [5.74, 6) is 0. The lowest BCUT2D eigenvalue weighted by Crippen LogP contribution is -2.41. The summed E-state index contributed by atoms with van der Waals surface area (Å²) in [4.78, 5) is 4.22. The van der Waals surface area contributed by atoms with Crippen molar-refractivity contribution >= 4 is 26.6 Å². The first kappa shape index (κ1) is 13.3. The minimum Gasteiger partial charge on any atom is -0.315 e. The molecule has 1 aliphatic rings. The van der Waals surface area contributed by atoms with E-state index in [2.05, 4.69) is 15.0 Å². The first-order valence-electron chi connectivity index (χ1n) is 6.72. The SMILES string of the molecule is O=S(=O)(Nc1ccc2ncccc2c1)C1CCCNC1. The second-order valence-corrected chi connectivity index (χ2v) is 6.99. The Bertz CT molecular complexity index is 709. The fraction of sp³-hybridized carbons (Fsp3) is 0.357. The summed E-state index contributed by atoms with van der Waals surface area (Å²) in [6, 6.07) is 9.15. The van der Waals surface area contributed by atoms with Gasteiger partial charge >= 0.3 is 0 Å². The van der Waals surface area contributed by atoms with Crippen LogP contribution in [0.15, 0.2) is 36.5 Å². The van der Waals surface area contributed by atoms with E-state index in [1.165, 1.54) is 0 Å². The Hall–Kier alpha value is -1.66. The van der Waals surface area contributed by atoms with E-state index in [4.69, 9.17) is 0 Å². The number of nitrogens with zero attached hydrogens (tertiary/aromatic N) is 1. The highest BCUT2D eigenvalue weighted by Crippen LogP contribution is 2.20. The van der Waals surface area contributed by atoms with Crippen LogP contribution in [0.25, 0.3) is 10.9 Å². The summed E-state index contributed by atoms with van der Waals surface area (Å²) in [5.41, 5.74) is 1.45. The van der Waals surface area contributed by atoms with Crippen molar-refractivity contribution in [3.8, 4) is 0 Å². The molecule has 0 radical (unpaired) electrons. The normalized spacial score (nSPS) is 19.9. The lowest BCUT2D eigenvalue weighted by atomic mass is 10.2. The highest BCUT2D eigenvalue weighted by atomic mass is 32.2. The molecule has 2 aromatic rings. The molecule has 6 heteroatoms. The summed E-state index contributed by atoms with van der Waals surface area (Å²) in [6.45, 7) is 1.41. The molecule has 2 heterocycles. The second-order valence-electron chi connectivity index (χ2n) is 5.03. The standard InChI is InChI=1S/C14H17N3O2S/c18-20(19,13-4-2-7-15-10-13)17-12-5-6-14-11(9-12)3-1-8-16-14/h1,3,5-6,8-9,13,15,17H,2,4,7,10H2. The summed E-state index contributed by atoms with van der Waals surface area (Å²) in [7, 11) is -3.34. The van der Waals surface area contributed by atoms with Crippen molar-refractivity contribution in [2.45, 2.75) is 18.1 Å². The van der Waals surface area contributed by atoms with Crippen molar-refractivity contribution in [1.29, 1.82) is 0 Å². The van der Waals surface area contributed by atoms with Crippen molar-refractivity contribution < 1.29 is 8.42 Å². The predicted molar refractivity (Wildman–Crippen MR) is 80.2 cm³/mol. The largest absolute Gasteiger partial charge is 0.315 e. The van der Waals surface area contributed by atoms with Crippen LogP contribution in [0, 0.1) is 0 Å². The molecule has 1 saturated heterocycles. The van der Waals surface area contributed by atoms with Gasteiger partial charge in [0.2, 0.25) is 10.0 Å². The minimum absolute atomic E-state index is 0.360. The number of benzene rings is 1. The number of rotatable bonds is 3. The Morgan fingerprint density at radius 2 is 2.20 bits per heavy atom. The van der Waals surface area contributed by atoms with Gasteiger partial charge in [0.05, 0.1) is 10.8 Å². The van der Waals surface area contributed by atoms with Gasteiger partial charge in [0.15, 0.2) is 0 Å². The van der Waals surface area contributed by atoms with E-state index in [0.717, 1.165) is 23.9 Å². The molecule has 1 aliphatic heterocycles. The summed E-state index contributed by atoms with van der Waals surface area (Å²) in [5, 5.41) is 3.69. The maximum Gasteiger partial charge on any atom is 0.236 e. The molecular weight excluding hydrogens is 274 g/mol. The van der Waals surface area contributed by atoms with Crippen LogP contribution in [0.3, 0.4) is 0 Å². The van der Waals surface area contributed by atoms with Crippen LogP contribution >= 0.6 is 0 Å². The van der Waals surface area contributed by atoms with Gasteiger partial charge in [-0.05, 0) is 43.7 Å². The molecule has 1 unspecified atom stereocenters. The molecule has 1 fully saturated rings. The molecule has 3 rings (SSSR count). The highest BCUT2D eigenvalue weighted by Gasteiger charge is 2.27. The van der Waals surface area contributed by atoms with E-state index in [1.807, 2.05) is 24.3 Å². The van der Waals surface area contributed by atoms with Crippen LogP contribution in [0.1, 0.15) is 12.8 Å². The maximum atomic E-state index is 12.3. The molecule has 106 valence electrons. The van der Waals surface area contributed by atoms with Crippen LogP contribution in [0.5, 0.6) is 0 Å². The average molecular weight is 291 g/mol. The molecule has 1 aromatic heterocycles. The average Bonchev–Trinajstić information content (AvgIpc) is 2.48. The van der Waals surface area contributed by atoms with Gasteiger partial charge < -0.3 is 5.32 Å². The number of piperidine rings is 1. The van der Waals surface area contributed by atoms with E-state index in [9.17, 15) is 8.42 Å². The van der Waals surface area contributed by atoms with Crippen LogP contribution in [0.2, 0.25) is 0 Å². The zero-order chi connectivity index (χ0) is 14.0. The monoisotopic (exact) mass is 291 g/mol. The molecule has 1 aromatic carbocycles. The first-order valence-corrected chi connectivity index (χ1v) is 8.27. The lowest BCUT2D eigenvalue weighted by Gasteiger charge is -2.23. The smallest absolute Gasteiger partial charge is 0.236 e. The molecule has 20 heavy (non-hydrogen) atoms. The first-order chi connectivity index (χ1) is 9.65. The van der Waals surface area contributed by atoms with E-state index in [0.29, 0.717) is 18.7 Å². The van der Waals surface area contributed by atoms with Crippen LogP contribution in [-0.4, -0.2) is 31.7 Å². The zero-order valence-electron chi connectivity index (χ0n) is 11.0. The summed E-state index contributed by atoms with van der Waals surface area (Å²) in [6.07, 6.45) is 3.32. The summed E-state index contributed by atoms with van der Waals surface area (Å²) < 4.78 is 27.3. The molecular formula is C14H17N3O2S. The molecule has 0 bridgehead atoms. The number of fused-ring (bicyclic) bond motifs is 1. The third kappa shape index (κ3) is 2.76. The number of anilines is 1. The van der Waals surface area contributed by atoms with Gasteiger partial charge in [0.1, 0.15) is 0 Å². The number of hydrogen-bond donors (Lipinski definition) is 2. The Morgan fingerprint density at radius 1 is 1.30 bits per heavy atom. The zero-order valence-corrected chi connectivity index (χ0v) is 11.9. The predicted octanol–water partition coefficient (Wildman–Crippen LogP) is 1.73. The quantitative estimate of drug-likeness (QED) is 0.903. The highest BCUT2D eigenvalue weighted by molar-refractivity contribution is 7.93. The van der Waals surface area contributed by atoms with Gasteiger partial charge in [-0.15, -0.1) is 0 Å². The van der Waals surface area contributed by atoms with Crippen LogP contribution in [-0.2, 0) is 10.0 Å². The third-order valence-corrected chi connectivity index (χ3v) is 5.35. The Balaban J connectivity index is 1.84. The van der Waals surface area contributed by atoms with E-state index < -0.39 is 10.0 Å². The molecule has 5 nitrogen and oxygen atoms in total. The number of pyridine rings is 1. The second kappa shape index (κ2) is 5.38. The van der Waals surface area contributed by atoms with Gasteiger partial charge in [-0.1, -0.05) is 6.07 Å². The van der Waals surface area contributed by atoms with Crippen LogP contribution in [0.4, 0.5) is 5.69 Å². The molecule has 0 aliphatic carbocycles. The van der Waals surface area contributed by atoms with Gasteiger partial charge in [-0.25, -0.2) is 8.42 Å². The van der Waals surface area contributed by atoms with Gasteiger partial charge in [0.25, 0.3) is 0 Å². The van der Waals surface area contributed by atoms with Crippen molar-refractivity contribution in [3.05, 3.63) is 36.5 Å².